The third-order valence-corrected chi connectivity index (χ3v) is 5.20. The van der Waals surface area contributed by atoms with Crippen LogP contribution in [0.2, 0.25) is 5.02 Å². The predicted molar refractivity (Wildman–Crippen MR) is 110 cm³/mol. The molecule has 8 heteroatoms. The summed E-state index contributed by atoms with van der Waals surface area (Å²) in [5.74, 6) is 1.44. The Kier molecular flexibility index (Phi) is 5.87. The lowest BCUT2D eigenvalue weighted by Crippen LogP contribution is -2.40. The van der Waals surface area contributed by atoms with Crippen molar-refractivity contribution in [1.82, 2.24) is 20.1 Å². The van der Waals surface area contributed by atoms with E-state index in [4.69, 9.17) is 16.0 Å². The number of hydrogen-bond acceptors (Lipinski definition) is 6. The number of likely N-dealkylation sites (tertiary alicyclic amines) is 1. The maximum atomic E-state index is 12.6. The first kappa shape index (κ1) is 19.5. The molecular formula is C21H22ClN5O2. The molecule has 0 spiro atoms. The molecule has 1 aliphatic heterocycles. The van der Waals surface area contributed by atoms with Gasteiger partial charge < -0.3 is 9.73 Å². The lowest BCUT2D eigenvalue weighted by molar-refractivity contribution is -0.121. The Labute approximate surface area is 174 Å². The number of benzene rings is 1. The number of carbonyl (C=O) groups is 1. The first-order chi connectivity index (χ1) is 14.1. The van der Waals surface area contributed by atoms with Gasteiger partial charge in [0.1, 0.15) is 5.82 Å². The van der Waals surface area contributed by atoms with Crippen LogP contribution in [0.3, 0.4) is 0 Å². The van der Waals surface area contributed by atoms with Crippen molar-refractivity contribution in [2.24, 2.45) is 5.92 Å². The molecule has 1 aliphatic rings. The normalized spacial score (nSPS) is 17.2. The average Bonchev–Trinajstić information content (AvgIpc) is 3.19. The number of pyridine rings is 1. The van der Waals surface area contributed by atoms with E-state index in [1.54, 1.807) is 12.1 Å². The molecule has 3 aromatic rings. The maximum absolute atomic E-state index is 12.6. The zero-order valence-electron chi connectivity index (χ0n) is 16.1. The molecule has 1 saturated heterocycles. The fraction of sp³-hybridized carbons (Fsp3) is 0.333. The topological polar surface area (TPSA) is 84.2 Å². The minimum atomic E-state index is -0.110. The molecule has 4 rings (SSSR count). The maximum Gasteiger partial charge on any atom is 0.247 e. The standard InChI is InChI=1S/C21H22ClN5O2/c1-14-4-6-15(7-5-14)21-26-25-19(29-21)13-27-10-2-3-16(12-27)20(28)24-18-9-8-17(22)11-23-18/h4-9,11,16H,2-3,10,12-13H2,1H3,(H,23,24,28). The van der Waals surface area contributed by atoms with E-state index in [9.17, 15) is 4.79 Å². The highest BCUT2D eigenvalue weighted by Gasteiger charge is 2.27. The Morgan fingerprint density at radius 1 is 1.24 bits per heavy atom. The van der Waals surface area contributed by atoms with E-state index in [1.807, 2.05) is 31.2 Å². The summed E-state index contributed by atoms with van der Waals surface area (Å²) < 4.78 is 5.83. The van der Waals surface area contributed by atoms with Crippen LogP contribution in [0.25, 0.3) is 11.5 Å². The van der Waals surface area contributed by atoms with E-state index >= 15 is 0 Å². The van der Waals surface area contributed by atoms with Gasteiger partial charge in [-0.1, -0.05) is 29.3 Å². The zero-order valence-corrected chi connectivity index (χ0v) is 16.9. The van der Waals surface area contributed by atoms with Gasteiger partial charge >= 0.3 is 0 Å². The van der Waals surface area contributed by atoms with Gasteiger partial charge in [0.05, 0.1) is 17.5 Å². The van der Waals surface area contributed by atoms with Crippen molar-refractivity contribution >= 4 is 23.3 Å². The fourth-order valence-corrected chi connectivity index (χ4v) is 3.52. The summed E-state index contributed by atoms with van der Waals surface area (Å²) >= 11 is 5.84. The Hall–Kier alpha value is -2.77. The number of aromatic nitrogens is 3. The second kappa shape index (κ2) is 8.71. The van der Waals surface area contributed by atoms with E-state index in [0.29, 0.717) is 35.7 Å². The molecule has 1 atom stereocenters. The van der Waals surface area contributed by atoms with E-state index < -0.39 is 0 Å². The molecule has 0 aliphatic carbocycles. The van der Waals surface area contributed by atoms with Crippen LogP contribution >= 0.6 is 11.6 Å². The van der Waals surface area contributed by atoms with Crippen molar-refractivity contribution in [2.75, 3.05) is 18.4 Å². The molecule has 1 fully saturated rings. The molecule has 0 radical (unpaired) electrons. The van der Waals surface area contributed by atoms with Gasteiger partial charge in [-0.25, -0.2) is 4.98 Å². The van der Waals surface area contributed by atoms with Gasteiger partial charge in [-0.05, 0) is 50.6 Å². The van der Waals surface area contributed by atoms with Gasteiger partial charge in [-0.2, -0.15) is 0 Å². The summed E-state index contributed by atoms with van der Waals surface area (Å²) in [6.45, 7) is 4.10. The van der Waals surface area contributed by atoms with Crippen molar-refractivity contribution in [1.29, 1.82) is 0 Å². The van der Waals surface area contributed by atoms with Gasteiger partial charge in [-0.15, -0.1) is 10.2 Å². The number of nitrogens with one attached hydrogen (secondary N) is 1. The number of nitrogens with zero attached hydrogens (tertiary/aromatic N) is 4. The summed E-state index contributed by atoms with van der Waals surface area (Å²) in [4.78, 5) is 18.9. The molecule has 7 nitrogen and oxygen atoms in total. The second-order valence-corrected chi connectivity index (χ2v) is 7.73. The van der Waals surface area contributed by atoms with Crippen molar-refractivity contribution in [3.05, 3.63) is 59.1 Å². The van der Waals surface area contributed by atoms with E-state index in [-0.39, 0.29) is 11.8 Å². The number of hydrogen-bond donors (Lipinski definition) is 1. The zero-order chi connectivity index (χ0) is 20.2. The van der Waals surface area contributed by atoms with Crippen LogP contribution in [0.1, 0.15) is 24.3 Å². The van der Waals surface area contributed by atoms with Crippen LogP contribution in [0.15, 0.2) is 47.0 Å². The van der Waals surface area contributed by atoms with Crippen molar-refractivity contribution in [3.63, 3.8) is 0 Å². The molecule has 1 amide bonds. The van der Waals surface area contributed by atoms with Gasteiger partial charge in [-0.3, -0.25) is 9.69 Å². The molecule has 1 aromatic carbocycles. The van der Waals surface area contributed by atoms with Crippen molar-refractivity contribution < 1.29 is 9.21 Å². The number of amides is 1. The molecule has 0 saturated carbocycles. The lowest BCUT2D eigenvalue weighted by atomic mass is 9.97. The second-order valence-electron chi connectivity index (χ2n) is 7.29. The SMILES string of the molecule is Cc1ccc(-c2nnc(CN3CCCC(C(=O)Nc4ccc(Cl)cn4)C3)o2)cc1. The van der Waals surface area contributed by atoms with Gasteiger partial charge in [0.25, 0.3) is 0 Å². The van der Waals surface area contributed by atoms with Crippen molar-refractivity contribution in [2.45, 2.75) is 26.3 Å². The molecule has 2 aromatic heterocycles. The summed E-state index contributed by atoms with van der Waals surface area (Å²) in [6.07, 6.45) is 3.30. The largest absolute Gasteiger partial charge is 0.419 e. The van der Waals surface area contributed by atoms with E-state index in [0.717, 1.165) is 24.9 Å². The smallest absolute Gasteiger partial charge is 0.247 e. The highest BCUT2D eigenvalue weighted by Crippen LogP contribution is 2.22. The van der Waals surface area contributed by atoms with Crippen LogP contribution < -0.4 is 5.32 Å². The molecule has 150 valence electrons. The van der Waals surface area contributed by atoms with E-state index in [2.05, 4.69) is 25.4 Å². The monoisotopic (exact) mass is 411 g/mol. The van der Waals surface area contributed by atoms with Crippen LogP contribution in [0.4, 0.5) is 5.82 Å². The van der Waals surface area contributed by atoms with Crippen LogP contribution in [0, 0.1) is 12.8 Å². The average molecular weight is 412 g/mol. The van der Waals surface area contributed by atoms with Crippen LogP contribution in [-0.2, 0) is 11.3 Å². The predicted octanol–water partition coefficient (Wildman–Crippen LogP) is 3.94. The number of carbonyl (C=O) groups excluding carboxylic acids is 1. The Bertz CT molecular complexity index is 971. The van der Waals surface area contributed by atoms with Gasteiger partial charge in [0.15, 0.2) is 0 Å². The first-order valence-corrected chi connectivity index (χ1v) is 9.99. The number of aryl methyl sites for hydroxylation is 1. The minimum absolute atomic E-state index is 0.0320. The van der Waals surface area contributed by atoms with E-state index in [1.165, 1.54) is 11.8 Å². The highest BCUT2D eigenvalue weighted by molar-refractivity contribution is 6.30. The summed E-state index contributed by atoms with van der Waals surface area (Å²) in [5, 5.41) is 11.7. The quantitative estimate of drug-likeness (QED) is 0.684. The first-order valence-electron chi connectivity index (χ1n) is 9.61. The van der Waals surface area contributed by atoms with Crippen LogP contribution in [-0.4, -0.2) is 39.1 Å². The van der Waals surface area contributed by atoms with Crippen LogP contribution in [0.5, 0.6) is 0 Å². The molecule has 1 N–H and O–H groups in total. The molecule has 29 heavy (non-hydrogen) atoms. The summed E-state index contributed by atoms with van der Waals surface area (Å²) in [6, 6.07) is 11.4. The third kappa shape index (κ3) is 4.99. The molecule has 3 heterocycles. The van der Waals surface area contributed by atoms with Gasteiger partial charge in [0.2, 0.25) is 17.7 Å². The minimum Gasteiger partial charge on any atom is -0.419 e. The molecular weight excluding hydrogens is 390 g/mol. The number of halogens is 1. The highest BCUT2D eigenvalue weighted by atomic mass is 35.5. The number of rotatable bonds is 5. The Balaban J connectivity index is 1.35. The Morgan fingerprint density at radius 3 is 2.83 bits per heavy atom. The summed E-state index contributed by atoms with van der Waals surface area (Å²) in [5.41, 5.74) is 2.08. The Morgan fingerprint density at radius 2 is 2.07 bits per heavy atom. The third-order valence-electron chi connectivity index (χ3n) is 4.98. The molecule has 0 bridgehead atoms. The van der Waals surface area contributed by atoms with Crippen molar-refractivity contribution in [3.8, 4) is 11.5 Å². The summed E-state index contributed by atoms with van der Waals surface area (Å²) in [7, 11) is 0. The fourth-order valence-electron chi connectivity index (χ4n) is 3.41. The lowest BCUT2D eigenvalue weighted by Gasteiger charge is -2.30. The molecule has 1 unspecified atom stereocenters. The number of anilines is 1. The van der Waals surface area contributed by atoms with Gasteiger partial charge in [0, 0.05) is 18.3 Å². The number of piperidine rings is 1.